The normalized spacial score (nSPS) is 21.4. The van der Waals surface area contributed by atoms with E-state index in [2.05, 4.69) is 26.3 Å². The highest BCUT2D eigenvalue weighted by atomic mass is 16.2. The van der Waals surface area contributed by atoms with Crippen LogP contribution >= 0.6 is 0 Å². The van der Waals surface area contributed by atoms with Crippen LogP contribution in [-0.4, -0.2) is 52.9 Å². The Balaban J connectivity index is 1.29. The van der Waals surface area contributed by atoms with Crippen molar-refractivity contribution >= 4 is 23.5 Å². The number of carbonyl (C=O) groups is 2. The van der Waals surface area contributed by atoms with Crippen LogP contribution in [0.1, 0.15) is 17.5 Å². The minimum absolute atomic E-state index is 0.0559. The van der Waals surface area contributed by atoms with Gasteiger partial charge >= 0.3 is 0 Å². The van der Waals surface area contributed by atoms with E-state index >= 15 is 0 Å². The minimum atomic E-state index is -0.219. The number of nitrogens with zero attached hydrogens (tertiary/aromatic N) is 4. The van der Waals surface area contributed by atoms with E-state index in [4.69, 9.17) is 0 Å². The highest BCUT2D eigenvalue weighted by Gasteiger charge is 2.49. The summed E-state index contributed by atoms with van der Waals surface area (Å²) in [5.74, 6) is 0.329. The van der Waals surface area contributed by atoms with Crippen LogP contribution in [0.25, 0.3) is 0 Å². The third-order valence-electron chi connectivity index (χ3n) is 5.36. The van der Waals surface area contributed by atoms with E-state index in [1.165, 1.54) is 0 Å². The Morgan fingerprint density at radius 2 is 1.61 bits per heavy atom. The fourth-order valence-corrected chi connectivity index (χ4v) is 3.86. The molecule has 7 heteroatoms. The summed E-state index contributed by atoms with van der Waals surface area (Å²) in [4.78, 5) is 37.8. The number of piperazine rings is 1. The summed E-state index contributed by atoms with van der Waals surface area (Å²) in [6.07, 6.45) is 4.09. The summed E-state index contributed by atoms with van der Waals surface area (Å²) in [7, 11) is 0. The topological polar surface area (TPSA) is 78.4 Å². The van der Waals surface area contributed by atoms with Gasteiger partial charge in [0.15, 0.2) is 0 Å². The van der Waals surface area contributed by atoms with Crippen molar-refractivity contribution in [2.45, 2.75) is 20.3 Å². The van der Waals surface area contributed by atoms with Crippen molar-refractivity contribution in [2.24, 2.45) is 11.8 Å². The van der Waals surface area contributed by atoms with E-state index in [0.29, 0.717) is 38.5 Å². The molecule has 0 bridgehead atoms. The van der Waals surface area contributed by atoms with Crippen molar-refractivity contribution in [1.82, 2.24) is 14.9 Å². The van der Waals surface area contributed by atoms with E-state index in [0.717, 1.165) is 16.8 Å². The van der Waals surface area contributed by atoms with Crippen LogP contribution in [0, 0.1) is 25.7 Å². The molecule has 2 heterocycles. The average molecular weight is 379 g/mol. The number of hydrogen-bond donors (Lipinski definition) is 1. The number of nitrogens with one attached hydrogen (secondary N) is 1. The molecule has 2 fully saturated rings. The number of aryl methyl sites for hydroxylation is 2. The lowest BCUT2D eigenvalue weighted by Crippen LogP contribution is -2.50. The third-order valence-corrected chi connectivity index (χ3v) is 5.36. The predicted octanol–water partition coefficient (Wildman–Crippen LogP) is 2.02. The minimum Gasteiger partial charge on any atom is -0.339 e. The second kappa shape index (κ2) is 7.58. The summed E-state index contributed by atoms with van der Waals surface area (Å²) in [5, 5.41) is 2.97. The van der Waals surface area contributed by atoms with Gasteiger partial charge in [0.25, 0.3) is 0 Å². The van der Waals surface area contributed by atoms with Crippen molar-refractivity contribution in [3.8, 4) is 0 Å². The van der Waals surface area contributed by atoms with Gasteiger partial charge in [0.2, 0.25) is 17.8 Å². The Labute approximate surface area is 164 Å². The SMILES string of the molecule is Cc1cc(C)cc(NC(=O)C2CC2C(=O)N2CCN(c3ncccn3)CC2)c1. The quantitative estimate of drug-likeness (QED) is 0.879. The molecule has 0 radical (unpaired) electrons. The van der Waals surface area contributed by atoms with Crippen molar-refractivity contribution in [3.63, 3.8) is 0 Å². The third kappa shape index (κ3) is 3.98. The molecule has 4 rings (SSSR count). The Morgan fingerprint density at radius 1 is 0.964 bits per heavy atom. The van der Waals surface area contributed by atoms with Crippen molar-refractivity contribution in [1.29, 1.82) is 0 Å². The highest BCUT2D eigenvalue weighted by Crippen LogP contribution is 2.41. The molecule has 28 heavy (non-hydrogen) atoms. The molecule has 2 aliphatic rings. The average Bonchev–Trinajstić information content (AvgIpc) is 3.48. The fourth-order valence-electron chi connectivity index (χ4n) is 3.86. The van der Waals surface area contributed by atoms with Gasteiger partial charge in [-0.15, -0.1) is 0 Å². The number of amides is 2. The van der Waals surface area contributed by atoms with Crippen LogP contribution in [0.2, 0.25) is 0 Å². The largest absolute Gasteiger partial charge is 0.339 e. The van der Waals surface area contributed by atoms with Gasteiger partial charge in [0.05, 0.1) is 11.8 Å². The van der Waals surface area contributed by atoms with Crippen molar-refractivity contribution in [2.75, 3.05) is 36.4 Å². The predicted molar refractivity (Wildman–Crippen MR) is 107 cm³/mol. The maximum atomic E-state index is 12.8. The highest BCUT2D eigenvalue weighted by molar-refractivity contribution is 5.99. The Morgan fingerprint density at radius 3 is 2.25 bits per heavy atom. The lowest BCUT2D eigenvalue weighted by atomic mass is 10.1. The molecular weight excluding hydrogens is 354 g/mol. The van der Waals surface area contributed by atoms with Gasteiger partial charge in [-0.3, -0.25) is 9.59 Å². The second-order valence-corrected chi connectivity index (χ2v) is 7.68. The summed E-state index contributed by atoms with van der Waals surface area (Å²) >= 11 is 0. The van der Waals surface area contributed by atoms with E-state index in [1.807, 2.05) is 30.9 Å². The molecule has 1 N–H and O–H groups in total. The van der Waals surface area contributed by atoms with Crippen molar-refractivity contribution < 1.29 is 9.59 Å². The number of benzene rings is 1. The van der Waals surface area contributed by atoms with Crippen LogP contribution in [0.4, 0.5) is 11.6 Å². The van der Waals surface area contributed by atoms with Gasteiger partial charge < -0.3 is 15.1 Å². The molecular formula is C21H25N5O2. The van der Waals surface area contributed by atoms with E-state index < -0.39 is 0 Å². The first-order chi connectivity index (χ1) is 13.5. The van der Waals surface area contributed by atoms with E-state index in [1.54, 1.807) is 18.5 Å². The lowest BCUT2D eigenvalue weighted by Gasteiger charge is -2.34. The first kappa shape index (κ1) is 18.4. The molecule has 1 aromatic heterocycles. The zero-order valence-corrected chi connectivity index (χ0v) is 16.3. The van der Waals surface area contributed by atoms with Gasteiger partial charge in [-0.2, -0.15) is 0 Å². The van der Waals surface area contributed by atoms with Gasteiger partial charge in [0, 0.05) is 44.3 Å². The molecule has 1 aliphatic heterocycles. The standard InChI is InChI=1S/C21H25N5O2/c1-14-10-15(2)12-16(11-14)24-19(27)17-13-18(17)20(28)25-6-8-26(9-7-25)21-22-4-3-5-23-21/h3-5,10-12,17-18H,6-9,13H2,1-2H3,(H,24,27). The molecule has 2 aromatic rings. The Hall–Kier alpha value is -2.96. The molecule has 7 nitrogen and oxygen atoms in total. The molecule has 1 aromatic carbocycles. The van der Waals surface area contributed by atoms with Gasteiger partial charge in [-0.1, -0.05) is 6.07 Å². The van der Waals surface area contributed by atoms with E-state index in [-0.39, 0.29) is 23.7 Å². The molecule has 2 atom stereocenters. The number of rotatable bonds is 4. The van der Waals surface area contributed by atoms with Crippen LogP contribution in [0.3, 0.4) is 0 Å². The second-order valence-electron chi connectivity index (χ2n) is 7.68. The smallest absolute Gasteiger partial charge is 0.228 e. The number of carbonyl (C=O) groups excluding carboxylic acids is 2. The summed E-state index contributed by atoms with van der Waals surface area (Å²) in [5.41, 5.74) is 3.02. The zero-order valence-electron chi connectivity index (χ0n) is 16.3. The van der Waals surface area contributed by atoms with Gasteiger partial charge in [-0.25, -0.2) is 9.97 Å². The molecule has 1 aliphatic carbocycles. The monoisotopic (exact) mass is 379 g/mol. The van der Waals surface area contributed by atoms with Crippen molar-refractivity contribution in [3.05, 3.63) is 47.8 Å². The van der Waals surface area contributed by atoms with Crippen LogP contribution in [0.5, 0.6) is 0 Å². The fraction of sp³-hybridized carbons (Fsp3) is 0.429. The maximum Gasteiger partial charge on any atom is 0.228 e. The van der Waals surface area contributed by atoms with Gasteiger partial charge in [-0.05, 0) is 49.6 Å². The Kier molecular flexibility index (Phi) is 4.98. The van der Waals surface area contributed by atoms with Crippen LogP contribution in [0.15, 0.2) is 36.7 Å². The molecule has 0 spiro atoms. The Bertz CT molecular complexity index is 857. The first-order valence-corrected chi connectivity index (χ1v) is 9.71. The number of aromatic nitrogens is 2. The maximum absolute atomic E-state index is 12.8. The summed E-state index contributed by atoms with van der Waals surface area (Å²) in [6.45, 7) is 6.71. The molecule has 2 unspecified atom stereocenters. The van der Waals surface area contributed by atoms with Crippen LogP contribution < -0.4 is 10.2 Å². The summed E-state index contributed by atoms with van der Waals surface area (Å²) in [6, 6.07) is 7.77. The van der Waals surface area contributed by atoms with E-state index in [9.17, 15) is 9.59 Å². The first-order valence-electron chi connectivity index (χ1n) is 9.71. The molecule has 146 valence electrons. The number of hydrogen-bond acceptors (Lipinski definition) is 5. The molecule has 2 amide bonds. The van der Waals surface area contributed by atoms with Gasteiger partial charge in [0.1, 0.15) is 0 Å². The lowest BCUT2D eigenvalue weighted by molar-refractivity contribution is -0.134. The molecule has 1 saturated carbocycles. The summed E-state index contributed by atoms with van der Waals surface area (Å²) < 4.78 is 0. The molecule has 1 saturated heterocycles. The number of anilines is 2. The zero-order chi connectivity index (χ0) is 19.7. The van der Waals surface area contributed by atoms with Crippen LogP contribution in [-0.2, 0) is 9.59 Å².